The molecular formula is C22H27BrN2O4. The maximum Gasteiger partial charge on any atom is 0.251 e. The van der Waals surface area contributed by atoms with Crippen LogP contribution in [0.1, 0.15) is 22.3 Å². The Balaban J connectivity index is 1.54. The van der Waals surface area contributed by atoms with Crippen LogP contribution in [0.25, 0.3) is 0 Å². The molecule has 2 aromatic carbocycles. The minimum absolute atomic E-state index is 0.124. The van der Waals surface area contributed by atoms with Crippen molar-refractivity contribution in [3.63, 3.8) is 0 Å². The second-order valence-electron chi connectivity index (χ2n) is 6.83. The minimum Gasteiger partial charge on any atom is -0.493 e. The highest BCUT2D eigenvalue weighted by molar-refractivity contribution is 9.10. The van der Waals surface area contributed by atoms with E-state index in [0.29, 0.717) is 34.7 Å². The summed E-state index contributed by atoms with van der Waals surface area (Å²) in [7, 11) is 1.57. The second kappa shape index (κ2) is 11.2. The van der Waals surface area contributed by atoms with E-state index in [1.165, 1.54) is 0 Å². The number of amides is 1. The zero-order chi connectivity index (χ0) is 20.5. The first-order chi connectivity index (χ1) is 14.2. The third-order valence-electron chi connectivity index (χ3n) is 4.76. The molecule has 0 saturated carbocycles. The molecule has 0 radical (unpaired) electrons. The number of rotatable bonds is 9. The van der Waals surface area contributed by atoms with Gasteiger partial charge in [0.15, 0.2) is 11.5 Å². The van der Waals surface area contributed by atoms with Crippen molar-refractivity contribution in [3.8, 4) is 11.5 Å². The van der Waals surface area contributed by atoms with Crippen LogP contribution < -0.4 is 14.8 Å². The quantitative estimate of drug-likeness (QED) is 0.577. The fraction of sp³-hybridized carbons (Fsp3) is 0.409. The van der Waals surface area contributed by atoms with Gasteiger partial charge in [-0.15, -0.1) is 0 Å². The van der Waals surface area contributed by atoms with E-state index in [-0.39, 0.29) is 5.91 Å². The molecular weight excluding hydrogens is 436 g/mol. The van der Waals surface area contributed by atoms with Gasteiger partial charge in [-0.2, -0.15) is 0 Å². The molecule has 3 rings (SSSR count). The van der Waals surface area contributed by atoms with Crippen LogP contribution in [0.4, 0.5) is 0 Å². The molecule has 2 aromatic rings. The normalized spacial score (nSPS) is 14.4. The largest absolute Gasteiger partial charge is 0.493 e. The third kappa shape index (κ3) is 6.45. The molecule has 0 spiro atoms. The van der Waals surface area contributed by atoms with Crippen molar-refractivity contribution in [2.75, 3.05) is 46.5 Å². The first-order valence-corrected chi connectivity index (χ1v) is 10.6. The molecule has 156 valence electrons. The van der Waals surface area contributed by atoms with Gasteiger partial charge in [-0.05, 0) is 46.6 Å². The van der Waals surface area contributed by atoms with Gasteiger partial charge in [0.1, 0.15) is 6.61 Å². The van der Waals surface area contributed by atoms with E-state index >= 15 is 0 Å². The second-order valence-corrected chi connectivity index (χ2v) is 7.68. The summed E-state index contributed by atoms with van der Waals surface area (Å²) in [6.07, 6.45) is 0.905. The topological polar surface area (TPSA) is 60.0 Å². The number of nitrogens with zero attached hydrogens (tertiary/aromatic N) is 1. The third-order valence-corrected chi connectivity index (χ3v) is 5.35. The highest BCUT2D eigenvalue weighted by atomic mass is 79.9. The van der Waals surface area contributed by atoms with Crippen molar-refractivity contribution < 1.29 is 19.0 Å². The zero-order valence-corrected chi connectivity index (χ0v) is 18.2. The van der Waals surface area contributed by atoms with Gasteiger partial charge in [-0.3, -0.25) is 9.69 Å². The standard InChI is InChI=1S/C22H27BrN2O4/c1-27-20-15-18(22(26)24-8-5-9-25-10-12-28-13-11-25)14-19(23)21(20)29-16-17-6-3-2-4-7-17/h2-4,6-7,14-15H,5,8-13,16H2,1H3,(H,24,26). The molecule has 1 fully saturated rings. The zero-order valence-electron chi connectivity index (χ0n) is 16.7. The van der Waals surface area contributed by atoms with Gasteiger partial charge in [0, 0.05) is 25.2 Å². The number of benzene rings is 2. The predicted octanol–water partition coefficient (Wildman–Crippen LogP) is 3.49. The van der Waals surface area contributed by atoms with Gasteiger partial charge in [0.05, 0.1) is 24.8 Å². The van der Waals surface area contributed by atoms with Crippen LogP contribution in [0.2, 0.25) is 0 Å². The van der Waals surface area contributed by atoms with Gasteiger partial charge < -0.3 is 19.5 Å². The Morgan fingerprint density at radius 3 is 2.69 bits per heavy atom. The van der Waals surface area contributed by atoms with Gasteiger partial charge in [0.2, 0.25) is 0 Å². The van der Waals surface area contributed by atoms with Crippen molar-refractivity contribution in [3.05, 3.63) is 58.1 Å². The molecule has 7 heteroatoms. The number of ether oxygens (including phenoxy) is 3. The number of hydrogen-bond acceptors (Lipinski definition) is 5. The fourth-order valence-corrected chi connectivity index (χ4v) is 3.71. The van der Waals surface area contributed by atoms with E-state index in [1.807, 2.05) is 30.3 Å². The lowest BCUT2D eigenvalue weighted by atomic mass is 10.2. The molecule has 1 amide bonds. The SMILES string of the molecule is COc1cc(C(=O)NCCCN2CCOCC2)cc(Br)c1OCc1ccccc1. The van der Waals surface area contributed by atoms with Crippen molar-refractivity contribution in [2.24, 2.45) is 0 Å². The van der Waals surface area contributed by atoms with Gasteiger partial charge in [-0.1, -0.05) is 30.3 Å². The lowest BCUT2D eigenvalue weighted by Gasteiger charge is -2.26. The van der Waals surface area contributed by atoms with Crippen LogP contribution >= 0.6 is 15.9 Å². The van der Waals surface area contributed by atoms with Crippen molar-refractivity contribution in [2.45, 2.75) is 13.0 Å². The Bertz CT molecular complexity index is 795. The lowest BCUT2D eigenvalue weighted by molar-refractivity contribution is 0.0374. The Morgan fingerprint density at radius 1 is 1.21 bits per heavy atom. The van der Waals surface area contributed by atoms with Crippen molar-refractivity contribution in [1.82, 2.24) is 10.2 Å². The molecule has 0 unspecified atom stereocenters. The first kappa shape index (κ1) is 21.6. The number of nitrogens with one attached hydrogen (secondary N) is 1. The maximum absolute atomic E-state index is 12.5. The highest BCUT2D eigenvalue weighted by Crippen LogP contribution is 2.37. The number of hydrogen-bond donors (Lipinski definition) is 1. The van der Waals surface area contributed by atoms with Crippen LogP contribution in [0, 0.1) is 0 Å². The summed E-state index contributed by atoms with van der Waals surface area (Å²) in [6, 6.07) is 13.4. The summed E-state index contributed by atoms with van der Waals surface area (Å²) in [5, 5.41) is 2.98. The number of carbonyl (C=O) groups is 1. The van der Waals surface area contributed by atoms with Crippen LogP contribution in [-0.4, -0.2) is 57.3 Å². The molecule has 6 nitrogen and oxygen atoms in total. The highest BCUT2D eigenvalue weighted by Gasteiger charge is 2.16. The predicted molar refractivity (Wildman–Crippen MR) is 116 cm³/mol. The van der Waals surface area contributed by atoms with E-state index in [1.54, 1.807) is 19.2 Å². The maximum atomic E-state index is 12.5. The summed E-state index contributed by atoms with van der Waals surface area (Å²) in [4.78, 5) is 14.9. The lowest BCUT2D eigenvalue weighted by Crippen LogP contribution is -2.38. The Kier molecular flexibility index (Phi) is 8.34. The number of morpholine rings is 1. The van der Waals surface area contributed by atoms with Crippen LogP contribution in [-0.2, 0) is 11.3 Å². The Labute approximate surface area is 180 Å². The number of halogens is 1. The number of carbonyl (C=O) groups excluding carboxylic acids is 1. The van der Waals surface area contributed by atoms with E-state index in [2.05, 4.69) is 26.1 Å². The van der Waals surface area contributed by atoms with Gasteiger partial charge in [0.25, 0.3) is 5.91 Å². The molecule has 1 aliphatic heterocycles. The van der Waals surface area contributed by atoms with E-state index < -0.39 is 0 Å². The molecule has 1 heterocycles. The molecule has 0 aliphatic carbocycles. The number of methoxy groups -OCH3 is 1. The summed E-state index contributed by atoms with van der Waals surface area (Å²) in [6.45, 7) is 5.51. The molecule has 1 N–H and O–H groups in total. The Hall–Kier alpha value is -2.09. The van der Waals surface area contributed by atoms with Crippen molar-refractivity contribution >= 4 is 21.8 Å². The summed E-state index contributed by atoms with van der Waals surface area (Å²) in [5.74, 6) is 0.981. The smallest absolute Gasteiger partial charge is 0.251 e. The van der Waals surface area contributed by atoms with E-state index in [0.717, 1.165) is 44.8 Å². The van der Waals surface area contributed by atoms with Gasteiger partial charge >= 0.3 is 0 Å². The van der Waals surface area contributed by atoms with Gasteiger partial charge in [-0.25, -0.2) is 0 Å². The average Bonchev–Trinajstić information content (AvgIpc) is 2.76. The summed E-state index contributed by atoms with van der Waals surface area (Å²) in [5.41, 5.74) is 1.59. The monoisotopic (exact) mass is 462 g/mol. The molecule has 29 heavy (non-hydrogen) atoms. The molecule has 1 aliphatic rings. The first-order valence-electron chi connectivity index (χ1n) is 9.80. The Morgan fingerprint density at radius 2 is 1.97 bits per heavy atom. The average molecular weight is 463 g/mol. The van der Waals surface area contributed by atoms with E-state index in [4.69, 9.17) is 14.2 Å². The van der Waals surface area contributed by atoms with Crippen LogP contribution in [0.5, 0.6) is 11.5 Å². The van der Waals surface area contributed by atoms with Crippen LogP contribution in [0.15, 0.2) is 46.9 Å². The molecule has 1 saturated heterocycles. The summed E-state index contributed by atoms with van der Waals surface area (Å²) >= 11 is 3.51. The molecule has 0 atom stereocenters. The minimum atomic E-state index is -0.124. The molecule has 0 bridgehead atoms. The van der Waals surface area contributed by atoms with E-state index in [9.17, 15) is 4.79 Å². The molecule has 0 aromatic heterocycles. The fourth-order valence-electron chi connectivity index (χ4n) is 3.15. The van der Waals surface area contributed by atoms with Crippen molar-refractivity contribution in [1.29, 1.82) is 0 Å². The van der Waals surface area contributed by atoms with Crippen LogP contribution in [0.3, 0.4) is 0 Å². The summed E-state index contributed by atoms with van der Waals surface area (Å²) < 4.78 is 17.4.